The van der Waals surface area contributed by atoms with Crippen molar-refractivity contribution in [3.8, 4) is 0 Å². The predicted octanol–water partition coefficient (Wildman–Crippen LogP) is 6.95. The molecule has 4 rings (SSSR count). The summed E-state index contributed by atoms with van der Waals surface area (Å²) in [5.74, 6) is -2.25. The van der Waals surface area contributed by atoms with Crippen molar-refractivity contribution in [3.05, 3.63) is 95.6 Å². The summed E-state index contributed by atoms with van der Waals surface area (Å²) in [5.41, 5.74) is 2.24. The molecule has 6 amide bonds. The molecule has 256 valence electrons. The van der Waals surface area contributed by atoms with Crippen LogP contribution in [-0.4, -0.2) is 56.3 Å². The number of anilines is 2. The third-order valence-corrected chi connectivity index (χ3v) is 8.01. The van der Waals surface area contributed by atoms with Crippen LogP contribution in [0.1, 0.15) is 77.1 Å². The Balaban J connectivity index is 0.00000307. The third-order valence-electron chi connectivity index (χ3n) is 8.01. The summed E-state index contributed by atoms with van der Waals surface area (Å²) >= 11 is 0. The first-order valence-electron chi connectivity index (χ1n) is 16.2. The number of urea groups is 2. The van der Waals surface area contributed by atoms with Crippen LogP contribution in [0, 0.1) is 12.8 Å². The molecule has 0 radical (unpaired) electrons. The number of aryl methyl sites for hydroxylation is 1. The normalized spacial score (nSPS) is 14.9. The van der Waals surface area contributed by atoms with Gasteiger partial charge in [0, 0.05) is 17.9 Å². The van der Waals surface area contributed by atoms with Gasteiger partial charge in [-0.3, -0.25) is 14.4 Å². The number of benzene rings is 3. The number of imide groups is 1. The lowest BCUT2D eigenvalue weighted by molar-refractivity contribution is -0.140. The van der Waals surface area contributed by atoms with Crippen LogP contribution in [-0.2, 0) is 20.9 Å². The number of carbonyl (C=O) groups excluding carboxylic acids is 4. The Bertz CT molecular complexity index is 1590. The number of hydrogen-bond donors (Lipinski definition) is 4. The molecule has 1 aliphatic heterocycles. The van der Waals surface area contributed by atoms with Gasteiger partial charge in [0.25, 0.3) is 5.91 Å². The Kier molecular flexibility index (Phi) is 12.9. The van der Waals surface area contributed by atoms with E-state index in [1.165, 1.54) is 4.90 Å². The van der Waals surface area contributed by atoms with Crippen molar-refractivity contribution < 1.29 is 29.1 Å². The quantitative estimate of drug-likeness (QED) is 0.155. The van der Waals surface area contributed by atoms with Crippen molar-refractivity contribution in [2.24, 2.45) is 5.92 Å². The largest absolute Gasteiger partial charge is 0.481 e. The first-order valence-corrected chi connectivity index (χ1v) is 16.2. The molecule has 0 aromatic heterocycles. The molecule has 0 saturated carbocycles. The van der Waals surface area contributed by atoms with Crippen molar-refractivity contribution in [1.82, 2.24) is 15.1 Å². The highest BCUT2D eigenvalue weighted by atomic mass is 16.4. The molecule has 11 heteroatoms. The molecule has 0 spiro atoms. The van der Waals surface area contributed by atoms with E-state index in [9.17, 15) is 29.1 Å². The second-order valence-electron chi connectivity index (χ2n) is 12.4. The summed E-state index contributed by atoms with van der Waals surface area (Å²) in [7, 11) is 0. The molecule has 1 fully saturated rings. The highest BCUT2D eigenvalue weighted by molar-refractivity contribution is 6.09. The summed E-state index contributed by atoms with van der Waals surface area (Å²) < 4.78 is 0. The molecule has 3 aromatic carbocycles. The standard InChI is InChI=1S/C35H41N5O6.C2H6/c1-22(2)19-29(31(43)37-28(20-30(41)42)25-12-7-6-8-13-25)40-32(44)35(4,5)39(34(40)46)21-24-15-17-26(18-16-24)36-33(45)38-27-14-10-9-11-23(27)3;1-2/h6-18,22,28-29H,19-21H2,1-5H3,(H,37,43)(H,41,42)(H2,36,38,45);1-2H3. The molecule has 3 aromatic rings. The Hall–Kier alpha value is -5.19. The number of carboxylic acid groups (broad SMARTS) is 1. The van der Waals surface area contributed by atoms with Crippen molar-refractivity contribution >= 4 is 41.2 Å². The first kappa shape index (κ1) is 37.3. The lowest BCUT2D eigenvalue weighted by Crippen LogP contribution is -2.52. The molecule has 1 saturated heterocycles. The molecule has 1 heterocycles. The summed E-state index contributed by atoms with van der Waals surface area (Å²) in [5, 5.41) is 17.9. The van der Waals surface area contributed by atoms with Gasteiger partial charge < -0.3 is 26.0 Å². The van der Waals surface area contributed by atoms with Crippen LogP contribution in [0.4, 0.5) is 21.0 Å². The Morgan fingerprint density at radius 2 is 1.46 bits per heavy atom. The van der Waals surface area contributed by atoms with Gasteiger partial charge in [-0.2, -0.15) is 0 Å². The second-order valence-corrected chi connectivity index (χ2v) is 12.4. The van der Waals surface area contributed by atoms with Crippen LogP contribution in [0.3, 0.4) is 0 Å². The van der Waals surface area contributed by atoms with Gasteiger partial charge in [0.15, 0.2) is 0 Å². The summed E-state index contributed by atoms with van der Waals surface area (Å²) in [4.78, 5) is 68.0. The molecule has 2 unspecified atom stereocenters. The van der Waals surface area contributed by atoms with Gasteiger partial charge in [-0.15, -0.1) is 0 Å². The van der Waals surface area contributed by atoms with Gasteiger partial charge in [-0.25, -0.2) is 14.5 Å². The molecule has 48 heavy (non-hydrogen) atoms. The van der Waals surface area contributed by atoms with E-state index in [1.54, 1.807) is 68.4 Å². The molecule has 4 N–H and O–H groups in total. The number of hydrogen-bond acceptors (Lipinski definition) is 5. The molecular formula is C37H47N5O6. The number of amides is 6. The van der Waals surface area contributed by atoms with Crippen LogP contribution in [0.25, 0.3) is 0 Å². The van der Waals surface area contributed by atoms with Gasteiger partial charge in [0.05, 0.1) is 12.5 Å². The number of nitrogens with zero attached hydrogens (tertiary/aromatic N) is 2. The smallest absolute Gasteiger partial charge is 0.328 e. The van der Waals surface area contributed by atoms with Gasteiger partial charge >= 0.3 is 18.0 Å². The fourth-order valence-electron chi connectivity index (χ4n) is 5.44. The zero-order valence-corrected chi connectivity index (χ0v) is 28.7. The van der Waals surface area contributed by atoms with E-state index in [0.29, 0.717) is 16.9 Å². The topological polar surface area (TPSA) is 148 Å². The van der Waals surface area contributed by atoms with E-state index in [4.69, 9.17) is 0 Å². The Morgan fingerprint density at radius 3 is 2.04 bits per heavy atom. The van der Waals surface area contributed by atoms with Crippen LogP contribution >= 0.6 is 0 Å². The molecular weight excluding hydrogens is 610 g/mol. The summed E-state index contributed by atoms with van der Waals surface area (Å²) in [6.45, 7) is 13.0. The average Bonchev–Trinajstić information content (AvgIpc) is 3.21. The summed E-state index contributed by atoms with van der Waals surface area (Å²) in [6.07, 6.45) is -0.158. The number of rotatable bonds is 12. The lowest BCUT2D eigenvalue weighted by atomic mass is 9.98. The van der Waals surface area contributed by atoms with Crippen LogP contribution in [0.15, 0.2) is 78.9 Å². The highest BCUT2D eigenvalue weighted by Crippen LogP contribution is 2.33. The molecule has 0 aliphatic carbocycles. The van der Waals surface area contributed by atoms with Gasteiger partial charge in [-0.1, -0.05) is 88.4 Å². The van der Waals surface area contributed by atoms with Crippen LogP contribution in [0.5, 0.6) is 0 Å². The van der Waals surface area contributed by atoms with Crippen LogP contribution < -0.4 is 16.0 Å². The Morgan fingerprint density at radius 1 is 0.854 bits per heavy atom. The van der Waals surface area contributed by atoms with E-state index in [2.05, 4.69) is 16.0 Å². The predicted molar refractivity (Wildman–Crippen MR) is 186 cm³/mol. The monoisotopic (exact) mass is 657 g/mol. The number of carboxylic acids is 1. The maximum absolute atomic E-state index is 13.9. The lowest BCUT2D eigenvalue weighted by Gasteiger charge is -2.29. The minimum absolute atomic E-state index is 0.0498. The van der Waals surface area contributed by atoms with E-state index in [0.717, 1.165) is 16.0 Å². The summed E-state index contributed by atoms with van der Waals surface area (Å²) in [6, 6.07) is 20.1. The van der Waals surface area contributed by atoms with E-state index in [-0.39, 0.29) is 25.3 Å². The minimum atomic E-state index is -1.25. The number of nitrogens with one attached hydrogen (secondary N) is 3. The van der Waals surface area contributed by atoms with Crippen molar-refractivity contribution in [3.63, 3.8) is 0 Å². The fourth-order valence-corrected chi connectivity index (χ4v) is 5.44. The average molecular weight is 658 g/mol. The fraction of sp³-hybridized carbons (Fsp3) is 0.378. The van der Waals surface area contributed by atoms with Crippen LogP contribution in [0.2, 0.25) is 0 Å². The zero-order chi connectivity index (χ0) is 35.6. The van der Waals surface area contributed by atoms with E-state index < -0.39 is 47.5 Å². The second kappa shape index (κ2) is 16.6. The maximum Gasteiger partial charge on any atom is 0.328 e. The molecule has 11 nitrogen and oxygen atoms in total. The first-order chi connectivity index (χ1) is 22.8. The number of aliphatic carboxylic acids is 1. The zero-order valence-electron chi connectivity index (χ0n) is 28.7. The van der Waals surface area contributed by atoms with E-state index in [1.807, 2.05) is 58.9 Å². The molecule has 2 atom stereocenters. The SMILES string of the molecule is CC.Cc1ccccc1NC(=O)Nc1ccc(CN2C(=O)N(C(CC(C)C)C(=O)NC(CC(=O)O)c3ccccc3)C(=O)C2(C)C)cc1. The maximum atomic E-state index is 13.9. The molecule has 0 bridgehead atoms. The molecule has 1 aliphatic rings. The number of carbonyl (C=O) groups is 5. The van der Waals surface area contributed by atoms with Crippen molar-refractivity contribution in [2.75, 3.05) is 10.6 Å². The number of para-hydroxylation sites is 1. The van der Waals surface area contributed by atoms with Gasteiger partial charge in [0.2, 0.25) is 5.91 Å². The van der Waals surface area contributed by atoms with E-state index >= 15 is 0 Å². The highest BCUT2D eigenvalue weighted by Gasteiger charge is 2.54. The third kappa shape index (κ3) is 9.21. The van der Waals surface area contributed by atoms with Crippen molar-refractivity contribution in [2.45, 2.75) is 85.5 Å². The minimum Gasteiger partial charge on any atom is -0.481 e. The van der Waals surface area contributed by atoms with Crippen molar-refractivity contribution in [1.29, 1.82) is 0 Å². The van der Waals surface area contributed by atoms with Gasteiger partial charge in [-0.05, 0) is 68.0 Å². The Labute approximate surface area is 282 Å². The van der Waals surface area contributed by atoms with Gasteiger partial charge in [0.1, 0.15) is 11.6 Å².